The van der Waals surface area contributed by atoms with Crippen molar-refractivity contribution in [1.29, 1.82) is 0 Å². The van der Waals surface area contributed by atoms with Crippen molar-refractivity contribution in [2.75, 3.05) is 32.7 Å². The van der Waals surface area contributed by atoms with Crippen LogP contribution in [0.4, 0.5) is 0 Å². The van der Waals surface area contributed by atoms with Gasteiger partial charge in [-0.15, -0.1) is 11.3 Å². The number of carbonyl (C=O) groups excluding carboxylic acids is 2. The quantitative estimate of drug-likeness (QED) is 0.497. The molecule has 1 aromatic heterocycles. The van der Waals surface area contributed by atoms with Gasteiger partial charge < -0.3 is 9.80 Å². The largest absolute Gasteiger partial charge is 0.339 e. The van der Waals surface area contributed by atoms with Gasteiger partial charge in [-0.05, 0) is 54.8 Å². The predicted octanol–water partition coefficient (Wildman–Crippen LogP) is 5.03. The number of hydrogen-bond donors (Lipinski definition) is 0. The lowest BCUT2D eigenvalue weighted by atomic mass is 9.89. The van der Waals surface area contributed by atoms with Crippen molar-refractivity contribution in [3.05, 3.63) is 57.3 Å². The first-order valence-corrected chi connectivity index (χ1v) is 13.8. The van der Waals surface area contributed by atoms with Crippen molar-refractivity contribution in [3.8, 4) is 0 Å². The summed E-state index contributed by atoms with van der Waals surface area (Å²) >= 11 is 1.83. The van der Waals surface area contributed by atoms with E-state index in [0.29, 0.717) is 32.6 Å². The van der Waals surface area contributed by atoms with Crippen LogP contribution >= 0.6 is 11.3 Å². The summed E-state index contributed by atoms with van der Waals surface area (Å²) in [6, 6.07) is 10.7. The topological polar surface area (TPSA) is 43.9 Å². The van der Waals surface area contributed by atoms with Crippen molar-refractivity contribution in [2.45, 2.75) is 71.4 Å². The van der Waals surface area contributed by atoms with Crippen LogP contribution in [0.2, 0.25) is 0 Å². The summed E-state index contributed by atoms with van der Waals surface area (Å²) in [7, 11) is 0. The van der Waals surface area contributed by atoms with Gasteiger partial charge in [-0.3, -0.25) is 14.5 Å². The van der Waals surface area contributed by atoms with E-state index < -0.39 is 0 Å². The fourth-order valence-electron chi connectivity index (χ4n) is 5.44. The number of benzene rings is 1. The normalized spacial score (nSPS) is 19.7. The van der Waals surface area contributed by atoms with Crippen molar-refractivity contribution in [1.82, 2.24) is 14.7 Å². The Morgan fingerprint density at radius 1 is 0.971 bits per heavy atom. The van der Waals surface area contributed by atoms with Gasteiger partial charge in [0.05, 0.1) is 12.1 Å². The second-order valence-electron chi connectivity index (χ2n) is 9.74. The maximum absolute atomic E-state index is 13.6. The zero-order valence-corrected chi connectivity index (χ0v) is 21.8. The number of carbonyl (C=O) groups is 2. The van der Waals surface area contributed by atoms with Gasteiger partial charge in [-0.25, -0.2) is 0 Å². The molecule has 2 amide bonds. The average molecular weight is 482 g/mol. The minimum atomic E-state index is -0.200. The molecule has 34 heavy (non-hydrogen) atoms. The zero-order valence-electron chi connectivity index (χ0n) is 21.0. The SMILES string of the molecule is CCCCCCC(=O)N1CCN(C(=O)[C@@H](C)N2CCc3sccc3[C@H]2c2ccccc2C)CC1. The van der Waals surface area contributed by atoms with Crippen molar-refractivity contribution in [2.24, 2.45) is 0 Å². The van der Waals surface area contributed by atoms with Gasteiger partial charge in [0.25, 0.3) is 0 Å². The lowest BCUT2D eigenvalue weighted by molar-refractivity contribution is -0.143. The summed E-state index contributed by atoms with van der Waals surface area (Å²) in [6.45, 7) is 9.88. The van der Waals surface area contributed by atoms with Gasteiger partial charge in [0.15, 0.2) is 0 Å². The van der Waals surface area contributed by atoms with Crippen LogP contribution in [0, 0.1) is 6.92 Å². The van der Waals surface area contributed by atoms with Crippen LogP contribution in [0.25, 0.3) is 0 Å². The van der Waals surface area contributed by atoms with Crippen LogP contribution in [0.15, 0.2) is 35.7 Å². The summed E-state index contributed by atoms with van der Waals surface area (Å²) in [4.78, 5) is 33.9. The maximum Gasteiger partial charge on any atom is 0.239 e. The molecule has 5 nitrogen and oxygen atoms in total. The maximum atomic E-state index is 13.6. The monoisotopic (exact) mass is 481 g/mol. The van der Waals surface area contributed by atoms with E-state index in [1.165, 1.54) is 34.4 Å². The minimum Gasteiger partial charge on any atom is -0.339 e. The molecule has 3 heterocycles. The Hall–Kier alpha value is -2.18. The molecule has 0 radical (unpaired) electrons. The molecule has 1 fully saturated rings. The number of rotatable bonds is 8. The first-order chi connectivity index (χ1) is 16.5. The van der Waals surface area contributed by atoms with E-state index in [1.54, 1.807) is 0 Å². The third kappa shape index (κ3) is 5.38. The molecule has 6 heteroatoms. The van der Waals surface area contributed by atoms with Crippen LogP contribution in [0.3, 0.4) is 0 Å². The Bertz CT molecular complexity index is 980. The Kier molecular flexibility index (Phi) is 8.43. The minimum absolute atomic E-state index is 0.112. The number of hydrogen-bond acceptors (Lipinski definition) is 4. The van der Waals surface area contributed by atoms with Gasteiger partial charge in [-0.1, -0.05) is 50.5 Å². The van der Waals surface area contributed by atoms with E-state index in [2.05, 4.69) is 61.4 Å². The summed E-state index contributed by atoms with van der Waals surface area (Å²) in [5, 5.41) is 2.18. The summed E-state index contributed by atoms with van der Waals surface area (Å²) in [5.41, 5.74) is 3.91. The van der Waals surface area contributed by atoms with Gasteiger partial charge in [0, 0.05) is 44.0 Å². The summed E-state index contributed by atoms with van der Waals surface area (Å²) in [5.74, 6) is 0.434. The fourth-order valence-corrected chi connectivity index (χ4v) is 6.34. The first-order valence-electron chi connectivity index (χ1n) is 12.9. The second-order valence-corrected chi connectivity index (χ2v) is 10.7. The fraction of sp³-hybridized carbons (Fsp3) is 0.571. The molecule has 2 aliphatic rings. The number of aryl methyl sites for hydroxylation is 1. The van der Waals surface area contributed by atoms with Gasteiger partial charge >= 0.3 is 0 Å². The van der Waals surface area contributed by atoms with Crippen LogP contribution in [0.1, 0.15) is 73.6 Å². The standard InChI is InChI=1S/C28H39N3O2S/c1-4-5-6-7-12-26(32)29-16-18-30(19-17-29)28(33)22(3)31-15-13-25-24(14-20-34-25)27(31)23-11-9-8-10-21(23)2/h8-11,14,20,22,27H,4-7,12-13,15-19H2,1-3H3/t22-,27-/m1/s1. The molecular formula is C28H39N3O2S. The van der Waals surface area contributed by atoms with Gasteiger partial charge in [0.2, 0.25) is 11.8 Å². The molecule has 184 valence electrons. The molecule has 2 atom stereocenters. The first kappa shape index (κ1) is 24.9. The number of nitrogens with zero attached hydrogens (tertiary/aromatic N) is 3. The van der Waals surface area contributed by atoms with E-state index in [-0.39, 0.29) is 23.9 Å². The van der Waals surface area contributed by atoms with Crippen LogP contribution < -0.4 is 0 Å². The van der Waals surface area contributed by atoms with Crippen molar-refractivity contribution < 1.29 is 9.59 Å². The highest BCUT2D eigenvalue weighted by atomic mass is 32.1. The van der Waals surface area contributed by atoms with E-state index in [0.717, 1.165) is 25.8 Å². The van der Waals surface area contributed by atoms with Crippen molar-refractivity contribution in [3.63, 3.8) is 0 Å². The molecule has 0 aliphatic carbocycles. The molecule has 0 unspecified atom stereocenters. The van der Waals surface area contributed by atoms with E-state index in [9.17, 15) is 9.59 Å². The lowest BCUT2D eigenvalue weighted by Gasteiger charge is -2.43. The third-order valence-electron chi connectivity index (χ3n) is 7.53. The molecule has 2 aliphatic heterocycles. The zero-order chi connectivity index (χ0) is 24.1. The van der Waals surface area contributed by atoms with Gasteiger partial charge in [0.1, 0.15) is 0 Å². The molecule has 0 saturated carbocycles. The van der Waals surface area contributed by atoms with Crippen LogP contribution in [-0.2, 0) is 16.0 Å². The molecule has 1 aromatic carbocycles. The Labute approximate surface area is 208 Å². The average Bonchev–Trinajstić information content (AvgIpc) is 3.35. The summed E-state index contributed by atoms with van der Waals surface area (Å²) < 4.78 is 0. The van der Waals surface area contributed by atoms with Crippen molar-refractivity contribution >= 4 is 23.2 Å². The summed E-state index contributed by atoms with van der Waals surface area (Å²) in [6.07, 6.45) is 6.11. The molecule has 2 aromatic rings. The Morgan fingerprint density at radius 2 is 1.71 bits per heavy atom. The highest BCUT2D eigenvalue weighted by molar-refractivity contribution is 7.10. The molecular weight excluding hydrogens is 442 g/mol. The van der Waals surface area contributed by atoms with E-state index in [1.807, 2.05) is 21.1 Å². The van der Waals surface area contributed by atoms with E-state index >= 15 is 0 Å². The molecule has 4 rings (SSSR count). The molecule has 0 N–H and O–H groups in total. The highest BCUT2D eigenvalue weighted by Crippen LogP contribution is 2.40. The third-order valence-corrected chi connectivity index (χ3v) is 8.53. The van der Waals surface area contributed by atoms with Crippen LogP contribution in [-0.4, -0.2) is 65.3 Å². The second kappa shape index (κ2) is 11.5. The highest BCUT2D eigenvalue weighted by Gasteiger charge is 2.37. The number of fused-ring (bicyclic) bond motifs is 1. The van der Waals surface area contributed by atoms with Gasteiger partial charge in [-0.2, -0.15) is 0 Å². The van der Waals surface area contributed by atoms with E-state index in [4.69, 9.17) is 0 Å². The Morgan fingerprint density at radius 3 is 2.44 bits per heavy atom. The van der Waals surface area contributed by atoms with Crippen LogP contribution in [0.5, 0.6) is 0 Å². The molecule has 0 spiro atoms. The smallest absolute Gasteiger partial charge is 0.239 e. The Balaban J connectivity index is 1.41. The number of piperazine rings is 1. The number of amides is 2. The molecule has 1 saturated heterocycles. The predicted molar refractivity (Wildman–Crippen MR) is 139 cm³/mol. The number of thiophene rings is 1. The lowest BCUT2D eigenvalue weighted by Crippen LogP contribution is -2.56. The number of unbranched alkanes of at least 4 members (excludes halogenated alkanes) is 3. The molecule has 0 bridgehead atoms.